The van der Waals surface area contributed by atoms with Gasteiger partial charge < -0.3 is 0 Å². The van der Waals surface area contributed by atoms with Gasteiger partial charge >= 0.3 is 0 Å². The van der Waals surface area contributed by atoms with Gasteiger partial charge in [-0.05, 0) is 54.9 Å². The van der Waals surface area contributed by atoms with Crippen LogP contribution in [0.15, 0.2) is 10.9 Å². The summed E-state index contributed by atoms with van der Waals surface area (Å²) in [5.74, 6) is 0. The topological polar surface area (TPSA) is 38.1 Å². The summed E-state index contributed by atoms with van der Waals surface area (Å²) in [4.78, 5) is 14.8. The zero-order chi connectivity index (χ0) is 15.5. The van der Waals surface area contributed by atoms with Crippen LogP contribution in [0.2, 0.25) is 0 Å². The Morgan fingerprint density at radius 3 is 2.91 bits per heavy atom. The third-order valence-electron chi connectivity index (χ3n) is 5.86. The molecule has 0 radical (unpaired) electrons. The molecule has 2 bridgehead atoms. The summed E-state index contributed by atoms with van der Waals surface area (Å²) in [6, 6.07) is 2.43. The molecule has 2 heterocycles. The lowest BCUT2D eigenvalue weighted by Gasteiger charge is -2.39. The number of aromatic nitrogens is 2. The zero-order valence-electron chi connectivity index (χ0n) is 14.1. The van der Waals surface area contributed by atoms with E-state index in [1.807, 2.05) is 6.07 Å². The average Bonchev–Trinajstić information content (AvgIpc) is 2.91. The van der Waals surface area contributed by atoms with Crippen LogP contribution in [0.1, 0.15) is 57.7 Å². The molecule has 2 fully saturated rings. The summed E-state index contributed by atoms with van der Waals surface area (Å²) in [6.45, 7) is 8.97. The quantitative estimate of drug-likeness (QED) is 0.843. The highest BCUT2D eigenvalue weighted by atomic mass is 16.1. The largest absolute Gasteiger partial charge is 0.281 e. The fraction of sp³-hybridized carbons (Fsp3) is 0.778. The van der Waals surface area contributed by atoms with Crippen molar-refractivity contribution in [2.24, 2.45) is 10.8 Å². The molecule has 1 aliphatic heterocycles. The van der Waals surface area contributed by atoms with Gasteiger partial charge in [-0.3, -0.25) is 9.69 Å². The molecule has 0 aromatic carbocycles. The Kier molecular flexibility index (Phi) is 3.06. The maximum atomic E-state index is 12.3. The van der Waals surface area contributed by atoms with Gasteiger partial charge in [0, 0.05) is 18.7 Å². The van der Waals surface area contributed by atoms with E-state index in [0.717, 1.165) is 31.5 Å². The number of nitrogens with zero attached hydrogens (tertiary/aromatic N) is 3. The molecule has 0 unspecified atom stereocenters. The van der Waals surface area contributed by atoms with Crippen molar-refractivity contribution in [1.29, 1.82) is 0 Å². The van der Waals surface area contributed by atoms with Crippen LogP contribution < -0.4 is 5.56 Å². The molecule has 1 aromatic heterocycles. The molecule has 4 heteroatoms. The first kappa shape index (κ1) is 14.4. The van der Waals surface area contributed by atoms with Gasteiger partial charge in [0.2, 0.25) is 0 Å². The van der Waals surface area contributed by atoms with Gasteiger partial charge in [-0.15, -0.1) is 0 Å². The Labute approximate surface area is 132 Å². The Morgan fingerprint density at radius 1 is 1.27 bits per heavy atom. The van der Waals surface area contributed by atoms with E-state index >= 15 is 0 Å². The smallest absolute Gasteiger partial charge is 0.268 e. The molecule has 0 amide bonds. The van der Waals surface area contributed by atoms with Gasteiger partial charge in [0.25, 0.3) is 5.56 Å². The van der Waals surface area contributed by atoms with Crippen LogP contribution in [0.25, 0.3) is 0 Å². The minimum absolute atomic E-state index is 0.0755. The third kappa shape index (κ3) is 2.41. The van der Waals surface area contributed by atoms with Crippen LogP contribution >= 0.6 is 0 Å². The average molecular weight is 301 g/mol. The van der Waals surface area contributed by atoms with Crippen LogP contribution in [0.5, 0.6) is 0 Å². The van der Waals surface area contributed by atoms with Gasteiger partial charge in [-0.25, -0.2) is 4.68 Å². The van der Waals surface area contributed by atoms with Crippen LogP contribution in [0, 0.1) is 10.8 Å². The Balaban J connectivity index is 1.59. The fourth-order valence-electron chi connectivity index (χ4n) is 5.45. The normalized spacial score (nSPS) is 33.1. The highest BCUT2D eigenvalue weighted by Gasteiger charge is 2.49. The van der Waals surface area contributed by atoms with E-state index in [1.54, 1.807) is 4.68 Å². The second-order valence-electron chi connectivity index (χ2n) is 8.91. The highest BCUT2D eigenvalue weighted by Crippen LogP contribution is 2.52. The summed E-state index contributed by atoms with van der Waals surface area (Å²) >= 11 is 0. The predicted octanol–water partition coefficient (Wildman–Crippen LogP) is 2.59. The van der Waals surface area contributed by atoms with E-state index in [1.165, 1.54) is 24.8 Å². The third-order valence-corrected chi connectivity index (χ3v) is 5.86. The van der Waals surface area contributed by atoms with Crippen molar-refractivity contribution in [3.8, 4) is 0 Å². The molecule has 2 atom stereocenters. The summed E-state index contributed by atoms with van der Waals surface area (Å²) < 4.78 is 1.71. The van der Waals surface area contributed by atoms with E-state index in [2.05, 4.69) is 30.8 Å². The molecule has 1 aromatic rings. The molecular weight excluding hydrogens is 274 g/mol. The summed E-state index contributed by atoms with van der Waals surface area (Å²) in [6.07, 6.45) is 7.00. The molecule has 1 saturated carbocycles. The molecular formula is C18H27N3O. The van der Waals surface area contributed by atoms with Gasteiger partial charge in [0.05, 0.1) is 12.4 Å². The van der Waals surface area contributed by atoms with Crippen molar-refractivity contribution in [3.05, 3.63) is 27.7 Å². The van der Waals surface area contributed by atoms with Crippen molar-refractivity contribution in [2.45, 2.75) is 72.0 Å². The first-order chi connectivity index (χ1) is 10.3. The molecule has 120 valence electrons. The monoisotopic (exact) mass is 301 g/mol. The fourth-order valence-corrected chi connectivity index (χ4v) is 5.45. The Hall–Kier alpha value is -1.16. The predicted molar refractivity (Wildman–Crippen MR) is 86.8 cm³/mol. The van der Waals surface area contributed by atoms with Gasteiger partial charge in [-0.2, -0.15) is 5.10 Å². The minimum atomic E-state index is 0.0755. The number of hydrogen-bond donors (Lipinski definition) is 0. The first-order valence-electron chi connectivity index (χ1n) is 8.68. The standard InChI is InChI=1S/C18H27N3O/c1-17(2)8-14-9-18(3,10-17)11-20(14)12-21-16(22)7-13-5-4-6-15(13)19-21/h7,14H,4-6,8-12H2,1-3H3/t14-,18-/m0/s1. The van der Waals surface area contributed by atoms with E-state index in [-0.39, 0.29) is 5.56 Å². The maximum Gasteiger partial charge on any atom is 0.268 e. The summed E-state index contributed by atoms with van der Waals surface area (Å²) in [5, 5.41) is 4.65. The molecule has 0 spiro atoms. The van der Waals surface area contributed by atoms with Crippen molar-refractivity contribution < 1.29 is 0 Å². The summed E-state index contributed by atoms with van der Waals surface area (Å²) in [7, 11) is 0. The number of hydrogen-bond acceptors (Lipinski definition) is 3. The van der Waals surface area contributed by atoms with Crippen molar-refractivity contribution in [2.75, 3.05) is 6.54 Å². The van der Waals surface area contributed by atoms with E-state index < -0.39 is 0 Å². The molecule has 3 aliphatic rings. The van der Waals surface area contributed by atoms with Gasteiger partial charge in [0.15, 0.2) is 0 Å². The van der Waals surface area contributed by atoms with Gasteiger partial charge in [-0.1, -0.05) is 20.8 Å². The second kappa shape index (κ2) is 4.67. The Morgan fingerprint density at radius 2 is 2.09 bits per heavy atom. The van der Waals surface area contributed by atoms with Crippen molar-refractivity contribution in [3.63, 3.8) is 0 Å². The number of rotatable bonds is 2. The lowest BCUT2D eigenvalue weighted by Crippen LogP contribution is -2.38. The summed E-state index contributed by atoms with van der Waals surface area (Å²) in [5.41, 5.74) is 3.23. The van der Waals surface area contributed by atoms with Crippen LogP contribution in [-0.4, -0.2) is 27.3 Å². The molecule has 22 heavy (non-hydrogen) atoms. The number of fused-ring (bicyclic) bond motifs is 3. The van der Waals surface area contributed by atoms with Gasteiger partial charge in [0.1, 0.15) is 0 Å². The van der Waals surface area contributed by atoms with E-state index in [4.69, 9.17) is 0 Å². The molecule has 1 saturated heterocycles. The first-order valence-corrected chi connectivity index (χ1v) is 8.68. The maximum absolute atomic E-state index is 12.3. The molecule has 4 nitrogen and oxygen atoms in total. The molecule has 2 aliphatic carbocycles. The van der Waals surface area contributed by atoms with Crippen LogP contribution in [-0.2, 0) is 19.5 Å². The molecule has 4 rings (SSSR count). The van der Waals surface area contributed by atoms with Crippen molar-refractivity contribution in [1.82, 2.24) is 14.7 Å². The second-order valence-corrected chi connectivity index (χ2v) is 8.91. The Bertz CT molecular complexity index is 663. The SMILES string of the molecule is CC1(C)C[C@H]2C[C@](C)(CN2Cn2nc3c(cc2=O)CCC3)C1. The minimum Gasteiger partial charge on any atom is -0.281 e. The lowest BCUT2D eigenvalue weighted by molar-refractivity contribution is 0.119. The van der Waals surface area contributed by atoms with Crippen LogP contribution in [0.4, 0.5) is 0 Å². The highest BCUT2D eigenvalue weighted by molar-refractivity contribution is 5.22. The van der Waals surface area contributed by atoms with E-state index in [9.17, 15) is 4.79 Å². The molecule has 0 N–H and O–H groups in total. The number of aryl methyl sites for hydroxylation is 2. The number of likely N-dealkylation sites (tertiary alicyclic amines) is 1. The zero-order valence-corrected chi connectivity index (χ0v) is 14.1. The lowest BCUT2D eigenvalue weighted by atomic mass is 9.65. The van der Waals surface area contributed by atoms with Crippen LogP contribution in [0.3, 0.4) is 0 Å². The van der Waals surface area contributed by atoms with Crippen molar-refractivity contribution >= 4 is 0 Å². The van der Waals surface area contributed by atoms with E-state index in [0.29, 0.717) is 23.5 Å².